The van der Waals surface area contributed by atoms with Crippen molar-refractivity contribution in [1.82, 2.24) is 0 Å². The molecule has 0 aromatic heterocycles. The van der Waals surface area contributed by atoms with E-state index in [1.165, 1.54) is 32.5 Å². The van der Waals surface area contributed by atoms with Gasteiger partial charge in [-0.2, -0.15) is 0 Å². The second kappa shape index (κ2) is 10.4. The van der Waals surface area contributed by atoms with Crippen LogP contribution in [-0.2, 0) is 25.1 Å². The van der Waals surface area contributed by atoms with Crippen molar-refractivity contribution >= 4 is 20.4 Å². The minimum atomic E-state index is -2.63. The summed E-state index contributed by atoms with van der Waals surface area (Å²) in [5.74, 6) is 0. The second-order valence-corrected chi connectivity index (χ2v) is 21.2. The maximum atomic E-state index is 6.49. The van der Waals surface area contributed by atoms with Crippen LogP contribution in [0.2, 0.25) is 11.1 Å². The standard InChI is InChI=1S/C30H39BGeO2/c1-25(21-31-33-29(2,3)30(4,5)34-31)32(22-26-15-9-6-10-16-26,23-27-17-11-7-12-18-27)24-28-19-13-8-14-20-28/h6-20,25H,21-24H2,1-5H3/t25-/m0/s1. The number of rotatable bonds is 9. The first-order valence-corrected chi connectivity index (χ1v) is 18.3. The molecule has 0 N–H and O–H groups in total. The van der Waals surface area contributed by atoms with Crippen LogP contribution in [-0.4, -0.2) is 31.6 Å². The van der Waals surface area contributed by atoms with Crippen LogP contribution in [0.1, 0.15) is 51.3 Å². The molecule has 178 valence electrons. The van der Waals surface area contributed by atoms with E-state index in [0.717, 1.165) is 6.32 Å². The van der Waals surface area contributed by atoms with Gasteiger partial charge in [0.2, 0.25) is 0 Å². The van der Waals surface area contributed by atoms with Crippen molar-refractivity contribution in [3.8, 4) is 0 Å². The van der Waals surface area contributed by atoms with Crippen LogP contribution >= 0.6 is 0 Å². The molecular formula is C30H39BGeO2. The third kappa shape index (κ3) is 5.87. The van der Waals surface area contributed by atoms with Gasteiger partial charge in [-0.15, -0.1) is 0 Å². The summed E-state index contributed by atoms with van der Waals surface area (Å²) < 4.78 is 13.5. The Balaban J connectivity index is 1.70. The third-order valence-electron chi connectivity index (χ3n) is 8.09. The summed E-state index contributed by atoms with van der Waals surface area (Å²) in [5.41, 5.74) is 3.83. The van der Waals surface area contributed by atoms with Crippen LogP contribution < -0.4 is 0 Å². The quantitative estimate of drug-likeness (QED) is 0.280. The van der Waals surface area contributed by atoms with Crippen molar-refractivity contribution in [2.45, 2.75) is 72.7 Å². The average Bonchev–Trinajstić information content (AvgIpc) is 3.01. The van der Waals surface area contributed by atoms with Crippen molar-refractivity contribution < 1.29 is 9.31 Å². The monoisotopic (exact) mass is 516 g/mol. The molecule has 2 nitrogen and oxygen atoms in total. The fraction of sp³-hybridized carbons (Fsp3) is 0.400. The molecule has 4 heteroatoms. The topological polar surface area (TPSA) is 18.5 Å². The summed E-state index contributed by atoms with van der Waals surface area (Å²) in [4.78, 5) is 0. The summed E-state index contributed by atoms with van der Waals surface area (Å²) in [6.45, 7) is 11.1. The predicted molar refractivity (Wildman–Crippen MR) is 147 cm³/mol. The first kappa shape index (κ1) is 25.3. The van der Waals surface area contributed by atoms with E-state index in [9.17, 15) is 0 Å². The van der Waals surface area contributed by atoms with Gasteiger partial charge in [-0.1, -0.05) is 0 Å². The van der Waals surface area contributed by atoms with Gasteiger partial charge in [-0.25, -0.2) is 0 Å². The van der Waals surface area contributed by atoms with Gasteiger partial charge >= 0.3 is 210 Å². The van der Waals surface area contributed by atoms with Crippen molar-refractivity contribution in [2.75, 3.05) is 0 Å². The van der Waals surface area contributed by atoms with E-state index in [1.54, 1.807) is 0 Å². The Hall–Kier alpha value is -1.81. The Bertz CT molecular complexity index is 920. The van der Waals surface area contributed by atoms with Gasteiger partial charge in [0.1, 0.15) is 0 Å². The fourth-order valence-corrected chi connectivity index (χ4v) is 16.4. The zero-order valence-electron chi connectivity index (χ0n) is 21.5. The van der Waals surface area contributed by atoms with Crippen molar-refractivity contribution in [3.05, 3.63) is 108 Å². The van der Waals surface area contributed by atoms with E-state index < -0.39 is 13.3 Å². The molecule has 3 aromatic rings. The summed E-state index contributed by atoms with van der Waals surface area (Å²) >= 11 is -2.63. The van der Waals surface area contributed by atoms with Gasteiger partial charge in [-0.3, -0.25) is 0 Å². The van der Waals surface area contributed by atoms with E-state index in [-0.39, 0.29) is 18.3 Å². The molecule has 0 spiro atoms. The molecule has 34 heavy (non-hydrogen) atoms. The van der Waals surface area contributed by atoms with Gasteiger partial charge in [0.15, 0.2) is 0 Å². The van der Waals surface area contributed by atoms with E-state index in [4.69, 9.17) is 9.31 Å². The van der Waals surface area contributed by atoms with Crippen LogP contribution in [0.25, 0.3) is 0 Å². The minimum absolute atomic E-state index is 0.146. The van der Waals surface area contributed by atoms with Gasteiger partial charge in [0.05, 0.1) is 0 Å². The van der Waals surface area contributed by atoms with E-state index in [1.807, 2.05) is 0 Å². The molecule has 0 amide bonds. The van der Waals surface area contributed by atoms with Crippen LogP contribution in [0.15, 0.2) is 91.0 Å². The molecule has 1 aliphatic rings. The van der Waals surface area contributed by atoms with Crippen molar-refractivity contribution in [3.63, 3.8) is 0 Å². The molecule has 0 bridgehead atoms. The van der Waals surface area contributed by atoms with Gasteiger partial charge in [0.25, 0.3) is 0 Å². The average molecular weight is 515 g/mol. The van der Waals surface area contributed by atoms with Gasteiger partial charge in [0, 0.05) is 0 Å². The Morgan fingerprint density at radius 2 is 0.941 bits per heavy atom. The molecule has 0 radical (unpaired) electrons. The SMILES string of the molecule is C[C@@H](CB1OC(C)(C)C(C)(C)O1)[Ge]([CH2]c1ccccc1)([CH2]c1ccccc1)[CH2]c1ccccc1. The molecule has 1 heterocycles. The van der Waals surface area contributed by atoms with E-state index >= 15 is 0 Å². The number of benzene rings is 3. The zero-order valence-corrected chi connectivity index (χ0v) is 23.6. The summed E-state index contributed by atoms with van der Waals surface area (Å²) in [7, 11) is -0.146. The Morgan fingerprint density at radius 1 is 0.618 bits per heavy atom. The predicted octanol–water partition coefficient (Wildman–Crippen LogP) is 7.26. The van der Waals surface area contributed by atoms with Crippen molar-refractivity contribution in [1.29, 1.82) is 0 Å². The third-order valence-corrected chi connectivity index (χ3v) is 20.0. The zero-order chi connectivity index (χ0) is 24.2. The summed E-state index contributed by atoms with van der Waals surface area (Å²) in [6.07, 6.45) is 0.958. The Morgan fingerprint density at radius 3 is 1.26 bits per heavy atom. The van der Waals surface area contributed by atoms with Gasteiger partial charge < -0.3 is 0 Å². The van der Waals surface area contributed by atoms with Gasteiger partial charge in [-0.05, 0) is 0 Å². The molecular weight excluding hydrogens is 476 g/mol. The van der Waals surface area contributed by atoms with Crippen LogP contribution in [0.3, 0.4) is 0 Å². The normalized spacial score (nSPS) is 18.1. The first-order chi connectivity index (χ1) is 16.2. The molecule has 1 fully saturated rings. The summed E-state index contributed by atoms with van der Waals surface area (Å²) in [6, 6.07) is 33.4. The van der Waals surface area contributed by atoms with E-state index in [0.29, 0.717) is 4.75 Å². The molecule has 0 aliphatic carbocycles. The number of hydrogen-bond donors (Lipinski definition) is 0. The van der Waals surface area contributed by atoms with Crippen LogP contribution in [0.4, 0.5) is 0 Å². The van der Waals surface area contributed by atoms with Crippen LogP contribution in [0.5, 0.6) is 0 Å². The van der Waals surface area contributed by atoms with Crippen LogP contribution in [0, 0.1) is 0 Å². The molecule has 0 saturated carbocycles. The maximum absolute atomic E-state index is 6.49. The van der Waals surface area contributed by atoms with Crippen molar-refractivity contribution in [2.24, 2.45) is 0 Å². The summed E-state index contributed by atoms with van der Waals surface area (Å²) in [5, 5.41) is 3.60. The molecule has 1 aliphatic heterocycles. The molecule has 1 saturated heterocycles. The first-order valence-electron chi connectivity index (χ1n) is 12.7. The molecule has 0 unspecified atom stereocenters. The molecule has 1 atom stereocenters. The second-order valence-electron chi connectivity index (χ2n) is 11.2. The molecule has 4 rings (SSSR count). The fourth-order valence-electron chi connectivity index (χ4n) is 5.32. The Kier molecular flexibility index (Phi) is 7.76. The van der Waals surface area contributed by atoms with E-state index in [2.05, 4.69) is 126 Å². The number of hydrogen-bond acceptors (Lipinski definition) is 2. The Labute approximate surface area is 209 Å². The molecule has 3 aromatic carbocycles.